The molecular weight excluding hydrogens is 440 g/mol. The number of benzene rings is 1. The summed E-state index contributed by atoms with van der Waals surface area (Å²) in [6.07, 6.45) is 4.22. The number of rotatable bonds is 6. The fourth-order valence-corrected chi connectivity index (χ4v) is 4.64. The van der Waals surface area contributed by atoms with Crippen LogP contribution in [0.4, 0.5) is 0 Å². The molecule has 4 rings (SSSR count). The summed E-state index contributed by atoms with van der Waals surface area (Å²) in [5, 5.41) is 8.03. The predicted octanol–water partition coefficient (Wildman–Crippen LogP) is 3.19. The van der Waals surface area contributed by atoms with Crippen LogP contribution in [0.5, 0.6) is 0 Å². The smallest absolute Gasteiger partial charge is 0.271 e. The van der Waals surface area contributed by atoms with Crippen LogP contribution >= 0.6 is 11.6 Å². The summed E-state index contributed by atoms with van der Waals surface area (Å²) >= 11 is 5.99. The molecule has 10 heteroatoms. The highest BCUT2D eigenvalue weighted by Gasteiger charge is 2.26. The van der Waals surface area contributed by atoms with Gasteiger partial charge in [0.15, 0.2) is 11.5 Å². The van der Waals surface area contributed by atoms with Gasteiger partial charge in [0.25, 0.3) is 5.91 Å². The number of amides is 1. The molecule has 8 nitrogen and oxygen atoms in total. The fourth-order valence-electron chi connectivity index (χ4n) is 3.64. The molecule has 0 unspecified atom stereocenters. The van der Waals surface area contributed by atoms with Gasteiger partial charge in [0.05, 0.1) is 18.2 Å². The molecule has 0 saturated carbocycles. The lowest BCUT2D eigenvalue weighted by molar-refractivity contribution is 0.0936. The van der Waals surface area contributed by atoms with E-state index in [1.807, 2.05) is 12.1 Å². The molecule has 1 saturated heterocycles. The van der Waals surface area contributed by atoms with Crippen molar-refractivity contribution in [1.82, 2.24) is 19.4 Å². The molecule has 3 aromatic rings. The van der Waals surface area contributed by atoms with Crippen molar-refractivity contribution in [3.8, 4) is 17.1 Å². The first kappa shape index (κ1) is 21.6. The number of furan rings is 1. The van der Waals surface area contributed by atoms with Gasteiger partial charge in [-0.3, -0.25) is 4.79 Å². The van der Waals surface area contributed by atoms with Gasteiger partial charge in [0.2, 0.25) is 10.0 Å². The first-order chi connectivity index (χ1) is 14.8. The first-order valence-electron chi connectivity index (χ1n) is 9.94. The molecule has 1 aromatic carbocycles. The van der Waals surface area contributed by atoms with Gasteiger partial charge in [-0.25, -0.2) is 17.4 Å². The Kier molecular flexibility index (Phi) is 6.17. The SMILES string of the molecule is CS(=O)(=O)N1CCC(CNC(=O)c2cc(-c3ccco3)n(-c3ccc(Cl)cc3)n2)CC1. The summed E-state index contributed by atoms with van der Waals surface area (Å²) in [4.78, 5) is 12.8. The number of hydrogen-bond donors (Lipinski definition) is 1. The van der Waals surface area contributed by atoms with E-state index in [2.05, 4.69) is 10.4 Å². The number of nitrogens with zero attached hydrogens (tertiary/aromatic N) is 3. The second-order valence-electron chi connectivity index (χ2n) is 7.60. The van der Waals surface area contributed by atoms with Crippen molar-refractivity contribution < 1.29 is 17.6 Å². The molecule has 1 aliphatic rings. The average Bonchev–Trinajstić information content (AvgIpc) is 3.42. The number of hydrogen-bond acceptors (Lipinski definition) is 5. The summed E-state index contributed by atoms with van der Waals surface area (Å²) in [6, 6.07) is 12.4. The molecule has 1 N–H and O–H groups in total. The zero-order valence-electron chi connectivity index (χ0n) is 17.0. The van der Waals surface area contributed by atoms with E-state index < -0.39 is 10.0 Å². The summed E-state index contributed by atoms with van der Waals surface area (Å²) in [5.41, 5.74) is 1.68. The normalized spacial score (nSPS) is 15.8. The van der Waals surface area contributed by atoms with Crippen LogP contribution in [-0.4, -0.2) is 54.3 Å². The molecular formula is C21H23ClN4O4S. The van der Waals surface area contributed by atoms with Gasteiger partial charge in [-0.2, -0.15) is 5.10 Å². The Morgan fingerprint density at radius 1 is 1.23 bits per heavy atom. The number of piperidine rings is 1. The van der Waals surface area contributed by atoms with Gasteiger partial charge in [0.1, 0.15) is 5.69 Å². The molecule has 2 aromatic heterocycles. The maximum atomic E-state index is 12.8. The molecule has 1 fully saturated rings. The third kappa shape index (κ3) is 5.00. The number of aromatic nitrogens is 2. The Bertz CT molecular complexity index is 1150. The maximum absolute atomic E-state index is 12.8. The monoisotopic (exact) mass is 462 g/mol. The quantitative estimate of drug-likeness (QED) is 0.606. The van der Waals surface area contributed by atoms with Crippen LogP contribution in [0.2, 0.25) is 5.02 Å². The summed E-state index contributed by atoms with van der Waals surface area (Å²) in [5.74, 6) is 0.533. The lowest BCUT2D eigenvalue weighted by Gasteiger charge is -2.30. The first-order valence-corrected chi connectivity index (χ1v) is 12.2. The minimum atomic E-state index is -3.16. The van der Waals surface area contributed by atoms with Crippen molar-refractivity contribution in [3.05, 3.63) is 59.4 Å². The van der Waals surface area contributed by atoms with E-state index in [0.717, 1.165) is 5.69 Å². The van der Waals surface area contributed by atoms with Crippen LogP contribution < -0.4 is 5.32 Å². The third-order valence-electron chi connectivity index (χ3n) is 5.38. The predicted molar refractivity (Wildman–Crippen MR) is 118 cm³/mol. The molecule has 1 aliphatic heterocycles. The molecule has 31 heavy (non-hydrogen) atoms. The highest BCUT2D eigenvalue weighted by atomic mass is 35.5. The maximum Gasteiger partial charge on any atom is 0.271 e. The second kappa shape index (κ2) is 8.86. The summed E-state index contributed by atoms with van der Waals surface area (Å²) in [7, 11) is -3.16. The third-order valence-corrected chi connectivity index (χ3v) is 6.94. The Labute approximate surface area is 185 Å². The molecule has 1 amide bonds. The molecule has 0 radical (unpaired) electrons. The number of sulfonamides is 1. The van der Waals surface area contributed by atoms with Crippen molar-refractivity contribution >= 4 is 27.5 Å². The molecule has 0 bridgehead atoms. The van der Waals surface area contributed by atoms with E-state index in [9.17, 15) is 13.2 Å². The second-order valence-corrected chi connectivity index (χ2v) is 10.0. The minimum Gasteiger partial charge on any atom is -0.463 e. The number of carbonyl (C=O) groups excluding carboxylic acids is 1. The zero-order valence-corrected chi connectivity index (χ0v) is 18.6. The molecule has 0 aliphatic carbocycles. The number of halogens is 1. The molecule has 3 heterocycles. The van der Waals surface area contributed by atoms with Gasteiger partial charge < -0.3 is 9.73 Å². The van der Waals surface area contributed by atoms with E-state index in [0.29, 0.717) is 49.0 Å². The van der Waals surface area contributed by atoms with Crippen molar-refractivity contribution in [3.63, 3.8) is 0 Å². The van der Waals surface area contributed by atoms with Crippen LogP contribution in [0.15, 0.2) is 53.1 Å². The Hall–Kier alpha value is -2.62. The standard InChI is InChI=1S/C21H23ClN4O4S/c1-31(28,29)25-10-8-15(9-11-25)14-23-21(27)18-13-19(20-3-2-12-30-20)26(24-18)17-6-4-16(22)5-7-17/h2-7,12-13,15H,8-11,14H2,1H3,(H,23,27). The number of nitrogens with one attached hydrogen (secondary N) is 1. The highest BCUT2D eigenvalue weighted by molar-refractivity contribution is 7.88. The van der Waals surface area contributed by atoms with Gasteiger partial charge in [-0.05, 0) is 55.2 Å². The fraction of sp³-hybridized carbons (Fsp3) is 0.333. The topological polar surface area (TPSA) is 97.4 Å². The molecule has 164 valence electrons. The Morgan fingerprint density at radius 3 is 2.55 bits per heavy atom. The van der Waals surface area contributed by atoms with E-state index in [1.54, 1.807) is 41.3 Å². The van der Waals surface area contributed by atoms with E-state index >= 15 is 0 Å². The van der Waals surface area contributed by atoms with Crippen molar-refractivity contribution in [2.75, 3.05) is 25.9 Å². The van der Waals surface area contributed by atoms with Gasteiger partial charge in [-0.15, -0.1) is 0 Å². The average molecular weight is 463 g/mol. The van der Waals surface area contributed by atoms with Crippen molar-refractivity contribution in [1.29, 1.82) is 0 Å². The molecule has 0 atom stereocenters. The zero-order chi connectivity index (χ0) is 22.0. The minimum absolute atomic E-state index is 0.227. The van der Waals surface area contributed by atoms with Crippen molar-refractivity contribution in [2.24, 2.45) is 5.92 Å². The van der Waals surface area contributed by atoms with E-state index in [-0.39, 0.29) is 17.5 Å². The lowest BCUT2D eigenvalue weighted by atomic mass is 9.98. The lowest BCUT2D eigenvalue weighted by Crippen LogP contribution is -2.41. The summed E-state index contributed by atoms with van der Waals surface area (Å²) in [6.45, 7) is 1.43. The van der Waals surface area contributed by atoms with Gasteiger partial charge in [-0.1, -0.05) is 11.6 Å². The summed E-state index contributed by atoms with van der Waals surface area (Å²) < 4.78 is 31.9. The van der Waals surface area contributed by atoms with E-state index in [4.69, 9.17) is 16.0 Å². The van der Waals surface area contributed by atoms with Crippen LogP contribution in [0.3, 0.4) is 0 Å². The molecule has 0 spiro atoms. The van der Waals surface area contributed by atoms with Crippen LogP contribution in [-0.2, 0) is 10.0 Å². The number of carbonyl (C=O) groups is 1. The largest absolute Gasteiger partial charge is 0.463 e. The Balaban J connectivity index is 1.47. The van der Waals surface area contributed by atoms with E-state index in [1.165, 1.54) is 10.6 Å². The highest BCUT2D eigenvalue weighted by Crippen LogP contribution is 2.25. The van der Waals surface area contributed by atoms with Gasteiger partial charge >= 0.3 is 0 Å². The Morgan fingerprint density at radius 2 is 1.94 bits per heavy atom. The van der Waals surface area contributed by atoms with Crippen LogP contribution in [0.25, 0.3) is 17.1 Å². The van der Waals surface area contributed by atoms with Crippen LogP contribution in [0, 0.1) is 5.92 Å². The van der Waals surface area contributed by atoms with Crippen LogP contribution in [0.1, 0.15) is 23.3 Å². The van der Waals surface area contributed by atoms with Gasteiger partial charge in [0, 0.05) is 30.7 Å². The van der Waals surface area contributed by atoms with Crippen molar-refractivity contribution in [2.45, 2.75) is 12.8 Å².